The summed E-state index contributed by atoms with van der Waals surface area (Å²) < 4.78 is 41.3. The third kappa shape index (κ3) is 4.29. The first-order valence-corrected chi connectivity index (χ1v) is 8.95. The summed E-state index contributed by atoms with van der Waals surface area (Å²) in [7, 11) is 4.48. The van der Waals surface area contributed by atoms with Crippen LogP contribution in [0.3, 0.4) is 0 Å². The normalized spacial score (nSPS) is 13.9. The van der Waals surface area contributed by atoms with Crippen molar-refractivity contribution in [3.05, 3.63) is 52.8 Å². The molecule has 0 fully saturated rings. The smallest absolute Gasteiger partial charge is 0.341 e. The molecular formula is C22H23FO6. The first-order chi connectivity index (χ1) is 13.8. The van der Waals surface area contributed by atoms with E-state index in [1.807, 2.05) is 19.9 Å². The van der Waals surface area contributed by atoms with E-state index < -0.39 is 17.4 Å². The number of carbonyl (C=O) groups excluding carboxylic acids is 1. The van der Waals surface area contributed by atoms with Gasteiger partial charge < -0.3 is 23.7 Å². The molecule has 2 aromatic rings. The molecule has 1 aliphatic heterocycles. The van der Waals surface area contributed by atoms with Gasteiger partial charge in [-0.25, -0.2) is 9.18 Å². The van der Waals surface area contributed by atoms with E-state index in [9.17, 15) is 9.18 Å². The van der Waals surface area contributed by atoms with Crippen LogP contribution >= 0.6 is 0 Å². The fourth-order valence-corrected chi connectivity index (χ4v) is 3.00. The van der Waals surface area contributed by atoms with Crippen LogP contribution in [-0.4, -0.2) is 32.9 Å². The predicted molar refractivity (Wildman–Crippen MR) is 105 cm³/mol. The van der Waals surface area contributed by atoms with E-state index in [2.05, 4.69) is 0 Å². The van der Waals surface area contributed by atoms with Crippen molar-refractivity contribution in [3.8, 4) is 23.0 Å². The van der Waals surface area contributed by atoms with Crippen LogP contribution < -0.4 is 18.9 Å². The lowest BCUT2D eigenvalue weighted by molar-refractivity contribution is 0.0466. The van der Waals surface area contributed by atoms with E-state index >= 15 is 0 Å². The molecule has 29 heavy (non-hydrogen) atoms. The summed E-state index contributed by atoms with van der Waals surface area (Å²) in [6.45, 7) is 3.64. The molecule has 0 N–H and O–H groups in total. The predicted octanol–water partition coefficient (Wildman–Crippen LogP) is 4.39. The molecule has 0 radical (unpaired) electrons. The molecule has 3 rings (SSSR count). The molecule has 1 aliphatic rings. The Morgan fingerprint density at radius 1 is 1.03 bits per heavy atom. The number of carbonyl (C=O) groups is 1. The topological polar surface area (TPSA) is 63.2 Å². The highest BCUT2D eigenvalue weighted by Crippen LogP contribution is 2.38. The van der Waals surface area contributed by atoms with Crippen molar-refractivity contribution in [1.82, 2.24) is 0 Å². The quantitative estimate of drug-likeness (QED) is 0.668. The molecule has 0 aliphatic carbocycles. The monoisotopic (exact) mass is 402 g/mol. The molecule has 0 saturated carbocycles. The molecule has 0 aromatic heterocycles. The molecule has 0 spiro atoms. The van der Waals surface area contributed by atoms with Gasteiger partial charge in [0.2, 0.25) is 5.75 Å². The Kier molecular flexibility index (Phi) is 5.68. The summed E-state index contributed by atoms with van der Waals surface area (Å²) >= 11 is 0. The highest BCUT2D eigenvalue weighted by atomic mass is 19.1. The second-order valence-corrected chi connectivity index (χ2v) is 7.02. The van der Waals surface area contributed by atoms with Crippen LogP contribution in [0.25, 0.3) is 6.08 Å². The third-order valence-electron chi connectivity index (χ3n) is 4.45. The van der Waals surface area contributed by atoms with E-state index in [0.29, 0.717) is 34.1 Å². The Labute approximate surface area is 168 Å². The Hall–Kier alpha value is -3.22. The number of esters is 1. The Morgan fingerprint density at radius 2 is 1.69 bits per heavy atom. The highest BCUT2D eigenvalue weighted by molar-refractivity contribution is 5.91. The number of hydrogen-bond acceptors (Lipinski definition) is 6. The Morgan fingerprint density at radius 3 is 2.28 bits per heavy atom. The first kappa shape index (κ1) is 20.5. The Bertz CT molecular complexity index is 939. The zero-order chi connectivity index (χ0) is 21.2. The van der Waals surface area contributed by atoms with Gasteiger partial charge in [-0.2, -0.15) is 0 Å². The number of methoxy groups -OCH3 is 3. The van der Waals surface area contributed by atoms with Gasteiger partial charge in [-0.05, 0) is 43.7 Å². The Balaban J connectivity index is 1.80. The number of ether oxygens (including phenoxy) is 5. The van der Waals surface area contributed by atoms with Crippen molar-refractivity contribution in [2.75, 3.05) is 21.3 Å². The van der Waals surface area contributed by atoms with Crippen LogP contribution in [0.5, 0.6) is 23.0 Å². The minimum atomic E-state index is -0.780. The molecule has 0 unspecified atom stereocenters. The summed E-state index contributed by atoms with van der Waals surface area (Å²) in [6, 6.07) is 5.96. The third-order valence-corrected chi connectivity index (χ3v) is 4.45. The van der Waals surface area contributed by atoms with Gasteiger partial charge in [-0.3, -0.25) is 0 Å². The molecule has 1 heterocycles. The number of fused-ring (bicyclic) bond motifs is 1. The van der Waals surface area contributed by atoms with Crippen molar-refractivity contribution >= 4 is 12.0 Å². The summed E-state index contributed by atoms with van der Waals surface area (Å²) in [5.41, 5.74) is 0.527. The molecule has 2 aromatic carbocycles. The van der Waals surface area contributed by atoms with Gasteiger partial charge in [-0.15, -0.1) is 0 Å². The molecule has 0 saturated heterocycles. The molecule has 0 amide bonds. The largest absolute Gasteiger partial charge is 0.493 e. The van der Waals surface area contributed by atoms with Crippen LogP contribution in [0.1, 0.15) is 35.3 Å². The lowest BCUT2D eigenvalue weighted by atomic mass is 10.0. The molecule has 6 nitrogen and oxygen atoms in total. The molecular weight excluding hydrogens is 379 g/mol. The lowest BCUT2D eigenvalue weighted by Gasteiger charge is -2.28. The average molecular weight is 402 g/mol. The fraction of sp³-hybridized carbons (Fsp3) is 0.318. The van der Waals surface area contributed by atoms with Crippen LogP contribution in [0.4, 0.5) is 4.39 Å². The van der Waals surface area contributed by atoms with Crippen molar-refractivity contribution in [2.45, 2.75) is 26.1 Å². The maximum absolute atomic E-state index is 14.5. The first-order valence-electron chi connectivity index (χ1n) is 8.95. The maximum Gasteiger partial charge on any atom is 0.341 e. The minimum Gasteiger partial charge on any atom is -0.493 e. The van der Waals surface area contributed by atoms with Crippen molar-refractivity contribution in [2.24, 2.45) is 0 Å². The molecule has 0 bridgehead atoms. The SMILES string of the molecule is COc1cc(COC(=O)c2cc3c(cc2F)OC(C)(C)C=C3)cc(OC)c1OC. The number of rotatable bonds is 6. The number of benzene rings is 2. The average Bonchev–Trinajstić information content (AvgIpc) is 2.69. The van der Waals surface area contributed by atoms with Crippen molar-refractivity contribution in [1.29, 1.82) is 0 Å². The van der Waals surface area contributed by atoms with Crippen LogP contribution in [0.2, 0.25) is 0 Å². The van der Waals surface area contributed by atoms with Gasteiger partial charge in [0.25, 0.3) is 0 Å². The van der Waals surface area contributed by atoms with Gasteiger partial charge in [-0.1, -0.05) is 6.08 Å². The molecule has 0 atom stereocenters. The number of hydrogen-bond donors (Lipinski definition) is 0. The molecule has 7 heteroatoms. The summed E-state index contributed by atoms with van der Waals surface area (Å²) in [5.74, 6) is 0.198. The van der Waals surface area contributed by atoms with Crippen molar-refractivity contribution < 1.29 is 32.9 Å². The summed E-state index contributed by atoms with van der Waals surface area (Å²) in [5, 5.41) is 0. The minimum absolute atomic E-state index is 0.0918. The van der Waals surface area contributed by atoms with Crippen LogP contribution in [0.15, 0.2) is 30.3 Å². The van der Waals surface area contributed by atoms with Crippen LogP contribution in [-0.2, 0) is 11.3 Å². The number of halogens is 1. The summed E-state index contributed by atoms with van der Waals surface area (Å²) in [6.07, 6.45) is 3.65. The van der Waals surface area contributed by atoms with E-state index in [4.69, 9.17) is 23.7 Å². The van der Waals surface area contributed by atoms with Gasteiger partial charge in [0, 0.05) is 11.6 Å². The zero-order valence-corrected chi connectivity index (χ0v) is 17.0. The summed E-state index contributed by atoms with van der Waals surface area (Å²) in [4.78, 5) is 12.5. The van der Waals surface area contributed by atoms with E-state index in [1.54, 1.807) is 18.2 Å². The van der Waals surface area contributed by atoms with Gasteiger partial charge >= 0.3 is 5.97 Å². The zero-order valence-electron chi connectivity index (χ0n) is 17.0. The second kappa shape index (κ2) is 8.03. The van der Waals surface area contributed by atoms with E-state index in [-0.39, 0.29) is 12.2 Å². The maximum atomic E-state index is 14.5. The lowest BCUT2D eigenvalue weighted by Crippen LogP contribution is -2.27. The van der Waals surface area contributed by atoms with Crippen LogP contribution in [0, 0.1) is 5.82 Å². The van der Waals surface area contributed by atoms with Crippen molar-refractivity contribution in [3.63, 3.8) is 0 Å². The van der Waals surface area contributed by atoms with Gasteiger partial charge in [0.05, 0.1) is 26.9 Å². The second-order valence-electron chi connectivity index (χ2n) is 7.02. The van der Waals surface area contributed by atoms with Gasteiger partial charge in [0.15, 0.2) is 11.5 Å². The molecule has 154 valence electrons. The van der Waals surface area contributed by atoms with E-state index in [0.717, 1.165) is 0 Å². The highest BCUT2D eigenvalue weighted by Gasteiger charge is 2.25. The van der Waals surface area contributed by atoms with Gasteiger partial charge in [0.1, 0.15) is 23.8 Å². The van der Waals surface area contributed by atoms with E-state index in [1.165, 1.54) is 33.5 Å². The fourth-order valence-electron chi connectivity index (χ4n) is 3.00. The standard InChI is InChI=1S/C22H23FO6/c1-22(2)7-6-14-10-15(16(23)11-17(14)29-22)21(24)28-12-13-8-18(25-3)20(27-5)19(9-13)26-4/h6-11H,12H2,1-5H3.